The van der Waals surface area contributed by atoms with Gasteiger partial charge < -0.3 is 16.0 Å². The predicted octanol–water partition coefficient (Wildman–Crippen LogP) is 2.50. The molecule has 0 spiro atoms. The Morgan fingerprint density at radius 2 is 1.64 bits per heavy atom. The number of hydrogen-bond donors (Lipinski definition) is 3. The van der Waals surface area contributed by atoms with E-state index in [1.54, 1.807) is 0 Å². The highest BCUT2D eigenvalue weighted by molar-refractivity contribution is 5.79. The Hall–Kier alpha value is -1.10. The van der Waals surface area contributed by atoms with Gasteiger partial charge in [0.25, 0.3) is 0 Å². The molecule has 0 aromatic heterocycles. The van der Waals surface area contributed by atoms with Crippen molar-refractivity contribution < 1.29 is 9.59 Å². The molecule has 1 atom stereocenters. The lowest BCUT2D eigenvalue weighted by molar-refractivity contribution is -0.126. The van der Waals surface area contributed by atoms with Gasteiger partial charge in [0, 0.05) is 31.0 Å². The number of rotatable bonds is 6. The highest BCUT2D eigenvalue weighted by Crippen LogP contribution is 2.27. The van der Waals surface area contributed by atoms with Gasteiger partial charge in [-0.15, -0.1) is 0 Å². The highest BCUT2D eigenvalue weighted by Gasteiger charge is 2.28. The fraction of sp³-hybridized carbons (Fsp3) is 0.900. The molecule has 5 heteroatoms. The van der Waals surface area contributed by atoms with Gasteiger partial charge in [-0.25, -0.2) is 0 Å². The largest absolute Gasteiger partial charge is 0.354 e. The van der Waals surface area contributed by atoms with Gasteiger partial charge in [-0.3, -0.25) is 9.59 Å². The summed E-state index contributed by atoms with van der Waals surface area (Å²) in [6.07, 6.45) is 13.1. The van der Waals surface area contributed by atoms with Crippen LogP contribution in [-0.4, -0.2) is 37.0 Å². The van der Waals surface area contributed by atoms with Crippen molar-refractivity contribution >= 4 is 11.8 Å². The van der Waals surface area contributed by atoms with Crippen LogP contribution in [0.2, 0.25) is 0 Å². The van der Waals surface area contributed by atoms with E-state index in [-0.39, 0.29) is 23.8 Å². The summed E-state index contributed by atoms with van der Waals surface area (Å²) in [5.74, 6) is 1.17. The predicted molar refractivity (Wildman–Crippen MR) is 99.1 cm³/mol. The van der Waals surface area contributed by atoms with Gasteiger partial charge in [-0.1, -0.05) is 19.3 Å². The van der Waals surface area contributed by atoms with Crippen molar-refractivity contribution in [3.05, 3.63) is 0 Å². The van der Waals surface area contributed by atoms with Crippen LogP contribution in [0.4, 0.5) is 0 Å². The Morgan fingerprint density at radius 1 is 0.880 bits per heavy atom. The number of carbonyl (C=O) groups is 2. The van der Waals surface area contributed by atoms with Crippen LogP contribution in [0, 0.1) is 11.8 Å². The molecule has 0 aromatic rings. The molecule has 25 heavy (non-hydrogen) atoms. The lowest BCUT2D eigenvalue weighted by Gasteiger charge is -2.29. The minimum atomic E-state index is 0.132. The normalized spacial score (nSPS) is 30.8. The van der Waals surface area contributed by atoms with E-state index in [0.717, 1.165) is 38.8 Å². The Balaban J connectivity index is 1.30. The zero-order valence-electron chi connectivity index (χ0n) is 15.5. The Bertz CT molecular complexity index is 434. The molecule has 0 radical (unpaired) electrons. The van der Waals surface area contributed by atoms with Crippen molar-refractivity contribution in [2.24, 2.45) is 11.8 Å². The van der Waals surface area contributed by atoms with Crippen LogP contribution in [0.5, 0.6) is 0 Å². The van der Waals surface area contributed by atoms with E-state index in [0.29, 0.717) is 18.4 Å². The van der Waals surface area contributed by atoms with Crippen LogP contribution in [0.15, 0.2) is 0 Å². The molecule has 3 aliphatic rings. The van der Waals surface area contributed by atoms with Crippen LogP contribution >= 0.6 is 0 Å². The summed E-state index contributed by atoms with van der Waals surface area (Å²) >= 11 is 0. The van der Waals surface area contributed by atoms with Gasteiger partial charge >= 0.3 is 0 Å². The van der Waals surface area contributed by atoms with Crippen LogP contribution in [0.25, 0.3) is 0 Å². The van der Waals surface area contributed by atoms with Gasteiger partial charge in [-0.2, -0.15) is 0 Å². The first-order chi connectivity index (χ1) is 12.2. The molecule has 3 rings (SSSR count). The Labute approximate surface area is 152 Å². The molecular weight excluding hydrogens is 314 g/mol. The summed E-state index contributed by atoms with van der Waals surface area (Å²) < 4.78 is 0. The molecule has 2 amide bonds. The van der Waals surface area contributed by atoms with E-state index >= 15 is 0 Å². The molecule has 0 bridgehead atoms. The third-order valence-corrected chi connectivity index (χ3v) is 6.35. The monoisotopic (exact) mass is 349 g/mol. The molecule has 1 saturated heterocycles. The van der Waals surface area contributed by atoms with Gasteiger partial charge in [0.05, 0.1) is 0 Å². The zero-order valence-corrected chi connectivity index (χ0v) is 15.5. The Kier molecular flexibility index (Phi) is 7.14. The molecule has 1 unspecified atom stereocenters. The van der Waals surface area contributed by atoms with Crippen molar-refractivity contribution in [3.63, 3.8) is 0 Å². The third-order valence-electron chi connectivity index (χ3n) is 6.35. The molecule has 1 heterocycles. The maximum absolute atomic E-state index is 12.3. The van der Waals surface area contributed by atoms with Gasteiger partial charge in [-0.05, 0) is 63.8 Å². The molecule has 142 valence electrons. The van der Waals surface area contributed by atoms with Gasteiger partial charge in [0.2, 0.25) is 11.8 Å². The summed E-state index contributed by atoms with van der Waals surface area (Å²) in [6, 6.07) is 0.732. The summed E-state index contributed by atoms with van der Waals surface area (Å²) in [5.41, 5.74) is 0. The lowest BCUT2D eigenvalue weighted by atomic mass is 9.84. The maximum Gasteiger partial charge on any atom is 0.223 e. The van der Waals surface area contributed by atoms with Crippen LogP contribution < -0.4 is 16.0 Å². The average Bonchev–Trinajstić information content (AvgIpc) is 3.14. The molecule has 5 nitrogen and oxygen atoms in total. The molecule has 1 aliphatic heterocycles. The first-order valence-corrected chi connectivity index (χ1v) is 10.5. The standard InChI is InChI=1S/C20H35N3O2/c24-19(13-15-5-2-1-3-6-15)23-17-10-8-16(9-11-17)20(25)22-14-18-7-4-12-21-18/h15-18,21H,1-14H2,(H,22,25)(H,23,24). The van der Waals surface area contributed by atoms with Crippen molar-refractivity contribution in [2.75, 3.05) is 13.1 Å². The van der Waals surface area contributed by atoms with Crippen LogP contribution in [-0.2, 0) is 9.59 Å². The molecule has 3 fully saturated rings. The first kappa shape index (κ1) is 18.7. The van der Waals surface area contributed by atoms with Crippen molar-refractivity contribution in [1.29, 1.82) is 0 Å². The van der Waals surface area contributed by atoms with E-state index in [1.165, 1.54) is 44.9 Å². The SMILES string of the molecule is O=C(CC1CCCCC1)NC1CCC(C(=O)NCC2CCCN2)CC1. The van der Waals surface area contributed by atoms with E-state index in [4.69, 9.17) is 0 Å². The number of amides is 2. The number of carbonyl (C=O) groups excluding carboxylic acids is 2. The Morgan fingerprint density at radius 3 is 2.32 bits per heavy atom. The van der Waals surface area contributed by atoms with Gasteiger partial charge in [0.15, 0.2) is 0 Å². The maximum atomic E-state index is 12.3. The van der Waals surface area contributed by atoms with E-state index in [9.17, 15) is 9.59 Å². The second-order valence-corrected chi connectivity index (χ2v) is 8.36. The topological polar surface area (TPSA) is 70.2 Å². The zero-order chi connectivity index (χ0) is 17.5. The fourth-order valence-corrected chi connectivity index (χ4v) is 4.74. The summed E-state index contributed by atoms with van der Waals surface area (Å²) in [5, 5.41) is 9.75. The summed E-state index contributed by atoms with van der Waals surface area (Å²) in [4.78, 5) is 24.6. The molecule has 0 aromatic carbocycles. The van der Waals surface area contributed by atoms with Crippen LogP contribution in [0.1, 0.15) is 77.0 Å². The fourth-order valence-electron chi connectivity index (χ4n) is 4.74. The molecular formula is C20H35N3O2. The summed E-state index contributed by atoms with van der Waals surface area (Å²) in [6.45, 7) is 1.84. The lowest BCUT2D eigenvalue weighted by Crippen LogP contribution is -2.43. The van der Waals surface area contributed by atoms with Crippen LogP contribution in [0.3, 0.4) is 0 Å². The van der Waals surface area contributed by atoms with E-state index < -0.39 is 0 Å². The molecule has 2 saturated carbocycles. The molecule has 2 aliphatic carbocycles. The first-order valence-electron chi connectivity index (χ1n) is 10.5. The van der Waals surface area contributed by atoms with E-state index in [2.05, 4.69) is 16.0 Å². The minimum absolute atomic E-state index is 0.132. The van der Waals surface area contributed by atoms with Crippen molar-refractivity contribution in [3.8, 4) is 0 Å². The van der Waals surface area contributed by atoms with Gasteiger partial charge in [0.1, 0.15) is 0 Å². The number of hydrogen-bond acceptors (Lipinski definition) is 3. The quantitative estimate of drug-likeness (QED) is 0.690. The average molecular weight is 350 g/mol. The van der Waals surface area contributed by atoms with E-state index in [1.807, 2.05) is 0 Å². The number of nitrogens with one attached hydrogen (secondary N) is 3. The second-order valence-electron chi connectivity index (χ2n) is 8.36. The smallest absolute Gasteiger partial charge is 0.223 e. The molecule has 3 N–H and O–H groups in total. The minimum Gasteiger partial charge on any atom is -0.354 e. The summed E-state index contributed by atoms with van der Waals surface area (Å²) in [7, 11) is 0. The highest BCUT2D eigenvalue weighted by atomic mass is 16.2. The van der Waals surface area contributed by atoms with Crippen molar-refractivity contribution in [2.45, 2.75) is 89.1 Å². The third kappa shape index (κ3) is 5.98. The second kappa shape index (κ2) is 9.56. The van der Waals surface area contributed by atoms with Crippen molar-refractivity contribution in [1.82, 2.24) is 16.0 Å².